The fraction of sp³-hybridized carbons (Fsp3) is 0.583. The van der Waals surface area contributed by atoms with E-state index in [9.17, 15) is 13.2 Å². The molecule has 1 aromatic rings. The molecule has 106 valence electrons. The van der Waals surface area contributed by atoms with Gasteiger partial charge in [-0.3, -0.25) is 4.79 Å². The van der Waals surface area contributed by atoms with Crippen LogP contribution < -0.4 is 0 Å². The first kappa shape index (κ1) is 14.5. The Hall–Kier alpha value is -0.920. The van der Waals surface area contributed by atoms with Crippen molar-refractivity contribution >= 4 is 27.3 Å². The summed E-state index contributed by atoms with van der Waals surface area (Å²) < 4.78 is 26.8. The van der Waals surface area contributed by atoms with Crippen LogP contribution in [0.25, 0.3) is 0 Å². The van der Waals surface area contributed by atoms with Crippen LogP contribution in [-0.2, 0) is 14.8 Å². The average Bonchev–Trinajstić information content (AvgIpc) is 3.02. The van der Waals surface area contributed by atoms with E-state index < -0.39 is 16.0 Å². The van der Waals surface area contributed by atoms with E-state index in [0.717, 1.165) is 25.7 Å². The van der Waals surface area contributed by atoms with Gasteiger partial charge in [-0.1, -0.05) is 18.9 Å². The zero-order chi connectivity index (χ0) is 13.9. The van der Waals surface area contributed by atoms with E-state index in [1.165, 1.54) is 15.6 Å². The van der Waals surface area contributed by atoms with Gasteiger partial charge in [-0.25, -0.2) is 8.42 Å². The normalized spacial score (nSPS) is 17.1. The molecule has 0 saturated heterocycles. The fourth-order valence-corrected chi connectivity index (χ4v) is 5.23. The maximum atomic E-state index is 12.5. The van der Waals surface area contributed by atoms with Crippen LogP contribution in [0.5, 0.6) is 0 Å². The molecule has 0 spiro atoms. The number of carboxylic acid groups (broad SMARTS) is 1. The molecule has 19 heavy (non-hydrogen) atoms. The van der Waals surface area contributed by atoms with Crippen molar-refractivity contribution in [1.82, 2.24) is 4.31 Å². The third kappa shape index (κ3) is 3.34. The van der Waals surface area contributed by atoms with Gasteiger partial charge in [0, 0.05) is 12.6 Å². The minimum atomic E-state index is -3.55. The Kier molecular flexibility index (Phi) is 4.59. The first-order valence-electron chi connectivity index (χ1n) is 6.29. The maximum Gasteiger partial charge on any atom is 0.304 e. The SMILES string of the molecule is O=C(O)CCN(C1CCCC1)S(=O)(=O)c1cccs1. The van der Waals surface area contributed by atoms with Crippen molar-refractivity contribution in [2.24, 2.45) is 0 Å². The van der Waals surface area contributed by atoms with Crippen LogP contribution in [0, 0.1) is 0 Å². The smallest absolute Gasteiger partial charge is 0.304 e. The van der Waals surface area contributed by atoms with E-state index in [-0.39, 0.29) is 19.0 Å². The summed E-state index contributed by atoms with van der Waals surface area (Å²) >= 11 is 1.17. The highest BCUT2D eigenvalue weighted by Gasteiger charge is 2.33. The molecule has 0 unspecified atom stereocenters. The zero-order valence-electron chi connectivity index (χ0n) is 10.5. The van der Waals surface area contributed by atoms with E-state index in [0.29, 0.717) is 4.21 Å². The van der Waals surface area contributed by atoms with E-state index >= 15 is 0 Å². The highest BCUT2D eigenvalue weighted by Crippen LogP contribution is 2.30. The Morgan fingerprint density at radius 2 is 2.11 bits per heavy atom. The second-order valence-corrected chi connectivity index (χ2v) is 7.69. The highest BCUT2D eigenvalue weighted by atomic mass is 32.2. The number of rotatable bonds is 6. The third-order valence-electron chi connectivity index (χ3n) is 3.34. The first-order valence-corrected chi connectivity index (χ1v) is 8.61. The monoisotopic (exact) mass is 303 g/mol. The zero-order valence-corrected chi connectivity index (χ0v) is 12.1. The summed E-state index contributed by atoms with van der Waals surface area (Å²) in [6.45, 7) is 0.0558. The predicted molar refractivity (Wildman–Crippen MR) is 72.7 cm³/mol. The van der Waals surface area contributed by atoms with Crippen molar-refractivity contribution in [3.63, 3.8) is 0 Å². The molecule has 1 fully saturated rings. The van der Waals surface area contributed by atoms with Crippen LogP contribution in [0.15, 0.2) is 21.7 Å². The van der Waals surface area contributed by atoms with Gasteiger partial charge in [0.2, 0.25) is 0 Å². The van der Waals surface area contributed by atoms with Crippen LogP contribution in [-0.4, -0.2) is 36.4 Å². The van der Waals surface area contributed by atoms with Gasteiger partial charge in [0.05, 0.1) is 6.42 Å². The Labute approximate surface area is 116 Å². The summed E-state index contributed by atoms with van der Waals surface area (Å²) in [7, 11) is -3.55. The van der Waals surface area contributed by atoms with E-state index in [4.69, 9.17) is 5.11 Å². The van der Waals surface area contributed by atoms with E-state index in [1.807, 2.05) is 0 Å². The fourth-order valence-electron chi connectivity index (χ4n) is 2.42. The van der Waals surface area contributed by atoms with Crippen molar-refractivity contribution in [1.29, 1.82) is 0 Å². The molecule has 0 aromatic carbocycles. The van der Waals surface area contributed by atoms with Gasteiger partial charge in [0.1, 0.15) is 4.21 Å². The number of aliphatic carboxylic acids is 1. The number of hydrogen-bond acceptors (Lipinski definition) is 4. The summed E-state index contributed by atoms with van der Waals surface area (Å²) in [6, 6.07) is 3.22. The van der Waals surface area contributed by atoms with Gasteiger partial charge in [-0.15, -0.1) is 11.3 Å². The number of nitrogens with zero attached hydrogens (tertiary/aromatic N) is 1. The molecular weight excluding hydrogens is 286 g/mol. The summed E-state index contributed by atoms with van der Waals surface area (Å²) in [4.78, 5) is 10.7. The molecule has 2 rings (SSSR count). The quantitative estimate of drug-likeness (QED) is 0.874. The number of thiophene rings is 1. The van der Waals surface area contributed by atoms with Crippen molar-refractivity contribution in [3.8, 4) is 0 Å². The molecule has 1 aliphatic rings. The van der Waals surface area contributed by atoms with Crippen LogP contribution in [0.3, 0.4) is 0 Å². The molecule has 1 saturated carbocycles. The molecule has 0 amide bonds. The standard InChI is InChI=1S/C12H17NO4S2/c14-11(15)7-8-13(10-4-1-2-5-10)19(16,17)12-6-3-9-18-12/h3,6,9-10H,1-2,4-5,7-8H2,(H,14,15). The minimum Gasteiger partial charge on any atom is -0.481 e. The average molecular weight is 303 g/mol. The minimum absolute atomic E-state index is 0.0496. The van der Waals surface area contributed by atoms with Crippen molar-refractivity contribution < 1.29 is 18.3 Å². The first-order chi connectivity index (χ1) is 9.01. The van der Waals surface area contributed by atoms with E-state index in [1.54, 1.807) is 17.5 Å². The van der Waals surface area contributed by atoms with Gasteiger partial charge in [-0.2, -0.15) is 4.31 Å². The number of carboxylic acids is 1. The molecule has 1 N–H and O–H groups in total. The molecule has 1 aliphatic carbocycles. The molecule has 1 aromatic heterocycles. The molecule has 0 aliphatic heterocycles. The molecule has 0 radical (unpaired) electrons. The van der Waals surface area contributed by atoms with Crippen LogP contribution >= 0.6 is 11.3 Å². The molecule has 5 nitrogen and oxygen atoms in total. The Balaban J connectivity index is 2.23. The van der Waals surface area contributed by atoms with E-state index in [2.05, 4.69) is 0 Å². The van der Waals surface area contributed by atoms with Crippen molar-refractivity contribution in [2.75, 3.05) is 6.54 Å². The second-order valence-electron chi connectivity index (χ2n) is 4.63. The second kappa shape index (κ2) is 6.02. The van der Waals surface area contributed by atoms with Gasteiger partial charge < -0.3 is 5.11 Å². The predicted octanol–water partition coefficient (Wildman–Crippen LogP) is 2.16. The lowest BCUT2D eigenvalue weighted by Gasteiger charge is -2.26. The summed E-state index contributed by atoms with van der Waals surface area (Å²) in [5.74, 6) is -0.968. The molecule has 1 heterocycles. The van der Waals surface area contributed by atoms with Gasteiger partial charge in [0.25, 0.3) is 10.0 Å². The maximum absolute atomic E-state index is 12.5. The van der Waals surface area contributed by atoms with Crippen molar-refractivity contribution in [2.45, 2.75) is 42.4 Å². The molecule has 0 bridgehead atoms. The van der Waals surface area contributed by atoms with Gasteiger partial charge >= 0.3 is 5.97 Å². The lowest BCUT2D eigenvalue weighted by atomic mass is 10.2. The lowest BCUT2D eigenvalue weighted by molar-refractivity contribution is -0.137. The Morgan fingerprint density at radius 1 is 1.42 bits per heavy atom. The van der Waals surface area contributed by atoms with Crippen LogP contribution in [0.1, 0.15) is 32.1 Å². The molecule has 0 atom stereocenters. The molecular formula is C12H17NO4S2. The lowest BCUT2D eigenvalue weighted by Crippen LogP contribution is -2.39. The van der Waals surface area contributed by atoms with Gasteiger partial charge in [0.15, 0.2) is 0 Å². The Morgan fingerprint density at radius 3 is 2.63 bits per heavy atom. The summed E-state index contributed by atoms with van der Waals surface area (Å²) in [5, 5.41) is 10.5. The highest BCUT2D eigenvalue weighted by molar-refractivity contribution is 7.91. The summed E-state index contributed by atoms with van der Waals surface area (Å²) in [5.41, 5.74) is 0. The number of hydrogen-bond donors (Lipinski definition) is 1. The topological polar surface area (TPSA) is 74.7 Å². The van der Waals surface area contributed by atoms with Crippen molar-refractivity contribution in [3.05, 3.63) is 17.5 Å². The third-order valence-corrected chi connectivity index (χ3v) is 6.66. The summed E-state index contributed by atoms with van der Waals surface area (Å²) in [6.07, 6.45) is 3.51. The van der Waals surface area contributed by atoms with Gasteiger partial charge in [-0.05, 0) is 24.3 Å². The number of sulfonamides is 1. The van der Waals surface area contributed by atoms with Crippen LogP contribution in [0.2, 0.25) is 0 Å². The Bertz CT molecular complexity index is 518. The number of carbonyl (C=O) groups is 1. The van der Waals surface area contributed by atoms with Crippen LogP contribution in [0.4, 0.5) is 0 Å². The largest absolute Gasteiger partial charge is 0.481 e. The molecule has 7 heteroatoms.